The Balaban J connectivity index is 1.87. The van der Waals surface area contributed by atoms with E-state index in [4.69, 9.17) is 23.2 Å². The van der Waals surface area contributed by atoms with Gasteiger partial charge in [0.15, 0.2) is 0 Å². The lowest BCUT2D eigenvalue weighted by atomic mass is 9.75. The van der Waals surface area contributed by atoms with Crippen molar-refractivity contribution >= 4 is 28.9 Å². The number of nitrogens with one attached hydrogen (secondary N) is 1. The van der Waals surface area contributed by atoms with E-state index < -0.39 is 11.7 Å². The van der Waals surface area contributed by atoms with E-state index in [0.29, 0.717) is 22.2 Å². The fourth-order valence-corrected chi connectivity index (χ4v) is 4.27. The normalized spacial score (nSPS) is 24.6. The largest absolute Gasteiger partial charge is 0.416 e. The predicted molar refractivity (Wildman–Crippen MR) is 94.3 cm³/mol. The Morgan fingerprint density at radius 1 is 1.00 bits per heavy atom. The van der Waals surface area contributed by atoms with E-state index in [1.165, 1.54) is 6.07 Å². The van der Waals surface area contributed by atoms with Gasteiger partial charge in [-0.2, -0.15) is 13.2 Å². The van der Waals surface area contributed by atoms with Crippen molar-refractivity contribution in [3.05, 3.63) is 75.3 Å². The van der Waals surface area contributed by atoms with Crippen LogP contribution in [0.15, 0.2) is 48.6 Å². The van der Waals surface area contributed by atoms with Crippen molar-refractivity contribution in [3.63, 3.8) is 0 Å². The molecule has 1 N–H and O–H groups in total. The molecule has 1 aliphatic carbocycles. The summed E-state index contributed by atoms with van der Waals surface area (Å²) in [6, 6.07) is 9.66. The Hall–Kier alpha value is -1.65. The van der Waals surface area contributed by atoms with Crippen LogP contribution in [-0.2, 0) is 6.18 Å². The fraction of sp³-hybridized carbons (Fsp3) is 0.263. The summed E-state index contributed by atoms with van der Waals surface area (Å²) in [5, 5.41) is 4.20. The van der Waals surface area contributed by atoms with Gasteiger partial charge in [-0.1, -0.05) is 47.5 Å². The topological polar surface area (TPSA) is 12.0 Å². The summed E-state index contributed by atoms with van der Waals surface area (Å²) >= 11 is 12.2. The molecule has 0 saturated carbocycles. The van der Waals surface area contributed by atoms with Crippen molar-refractivity contribution in [2.24, 2.45) is 5.92 Å². The highest BCUT2D eigenvalue weighted by atomic mass is 35.5. The minimum absolute atomic E-state index is 0.00763. The van der Waals surface area contributed by atoms with Gasteiger partial charge in [0.25, 0.3) is 0 Å². The molecular formula is C19H14Cl2F3N. The van der Waals surface area contributed by atoms with E-state index in [-0.39, 0.29) is 23.4 Å². The minimum atomic E-state index is -4.41. The molecule has 0 radical (unpaired) electrons. The van der Waals surface area contributed by atoms with Gasteiger partial charge in [0.1, 0.15) is 0 Å². The zero-order valence-electron chi connectivity index (χ0n) is 12.9. The zero-order valence-corrected chi connectivity index (χ0v) is 14.5. The average molecular weight is 384 g/mol. The second-order valence-electron chi connectivity index (χ2n) is 6.41. The van der Waals surface area contributed by atoms with Crippen LogP contribution in [0.4, 0.5) is 18.9 Å². The molecule has 2 aromatic rings. The maximum atomic E-state index is 13.5. The number of rotatable bonds is 1. The van der Waals surface area contributed by atoms with E-state index in [9.17, 15) is 13.2 Å². The summed E-state index contributed by atoms with van der Waals surface area (Å²) < 4.78 is 40.6. The number of allylic oxidation sites excluding steroid dienone is 2. The molecule has 0 aromatic heterocycles. The Morgan fingerprint density at radius 2 is 1.72 bits per heavy atom. The highest BCUT2D eigenvalue weighted by Crippen LogP contribution is 2.54. The summed E-state index contributed by atoms with van der Waals surface area (Å²) in [6.45, 7) is 0. The molecule has 130 valence electrons. The van der Waals surface area contributed by atoms with Crippen LogP contribution in [0.3, 0.4) is 0 Å². The van der Waals surface area contributed by atoms with Gasteiger partial charge in [0.05, 0.1) is 22.3 Å². The van der Waals surface area contributed by atoms with Crippen molar-refractivity contribution in [1.29, 1.82) is 0 Å². The molecule has 1 nitrogen and oxygen atoms in total. The fourth-order valence-electron chi connectivity index (χ4n) is 3.92. The average Bonchev–Trinajstić information content (AvgIpc) is 3.04. The molecule has 0 spiro atoms. The maximum absolute atomic E-state index is 13.5. The third-order valence-corrected chi connectivity index (χ3v) is 5.57. The van der Waals surface area contributed by atoms with E-state index in [1.807, 2.05) is 24.3 Å². The molecule has 0 fully saturated rings. The van der Waals surface area contributed by atoms with E-state index in [0.717, 1.165) is 11.6 Å². The first-order valence-electron chi connectivity index (χ1n) is 7.94. The summed E-state index contributed by atoms with van der Waals surface area (Å²) in [5.41, 5.74) is 1.01. The van der Waals surface area contributed by atoms with Crippen molar-refractivity contribution in [3.8, 4) is 0 Å². The van der Waals surface area contributed by atoms with Crippen LogP contribution in [0.5, 0.6) is 0 Å². The first kappa shape index (κ1) is 16.8. The molecule has 3 atom stereocenters. The molecule has 0 amide bonds. The van der Waals surface area contributed by atoms with Crippen LogP contribution < -0.4 is 5.32 Å². The molecule has 0 unspecified atom stereocenters. The highest BCUT2D eigenvalue weighted by Gasteiger charge is 2.44. The van der Waals surface area contributed by atoms with Crippen LogP contribution in [0, 0.1) is 5.92 Å². The molecule has 6 heteroatoms. The summed E-state index contributed by atoms with van der Waals surface area (Å²) in [6.07, 6.45) is 0.133. The molecule has 1 aliphatic heterocycles. The molecule has 2 aliphatic rings. The maximum Gasteiger partial charge on any atom is 0.416 e. The number of anilines is 1. The van der Waals surface area contributed by atoms with Crippen molar-refractivity contribution in [1.82, 2.24) is 0 Å². The lowest BCUT2D eigenvalue weighted by Gasteiger charge is -2.39. The first-order valence-corrected chi connectivity index (χ1v) is 8.70. The Kier molecular flexibility index (Phi) is 4.00. The van der Waals surface area contributed by atoms with E-state index in [1.54, 1.807) is 12.1 Å². The lowest BCUT2D eigenvalue weighted by molar-refractivity contribution is -0.138. The van der Waals surface area contributed by atoms with Crippen LogP contribution in [0.2, 0.25) is 10.0 Å². The number of halogens is 5. The van der Waals surface area contributed by atoms with Gasteiger partial charge in [0, 0.05) is 10.9 Å². The number of benzene rings is 2. The summed E-state index contributed by atoms with van der Waals surface area (Å²) in [7, 11) is 0. The van der Waals surface area contributed by atoms with E-state index in [2.05, 4.69) is 5.32 Å². The third-order valence-electron chi connectivity index (χ3n) is 5.00. The van der Waals surface area contributed by atoms with Crippen LogP contribution in [0.25, 0.3) is 0 Å². The van der Waals surface area contributed by atoms with Crippen LogP contribution in [0.1, 0.15) is 35.1 Å². The van der Waals surface area contributed by atoms with E-state index >= 15 is 0 Å². The molecule has 4 rings (SSSR count). The zero-order chi connectivity index (χ0) is 17.8. The first-order chi connectivity index (χ1) is 11.9. The quantitative estimate of drug-likeness (QED) is 0.531. The Labute approximate surface area is 153 Å². The van der Waals surface area contributed by atoms with Gasteiger partial charge in [-0.05, 0) is 47.7 Å². The molecule has 1 heterocycles. The van der Waals surface area contributed by atoms with Crippen molar-refractivity contribution in [2.75, 3.05) is 5.32 Å². The third kappa shape index (κ3) is 2.81. The monoisotopic (exact) mass is 383 g/mol. The molecular weight excluding hydrogens is 370 g/mol. The number of hydrogen-bond acceptors (Lipinski definition) is 1. The van der Waals surface area contributed by atoms with Crippen molar-refractivity contribution < 1.29 is 13.2 Å². The van der Waals surface area contributed by atoms with Gasteiger partial charge in [-0.15, -0.1) is 0 Å². The van der Waals surface area contributed by atoms with Crippen molar-refractivity contribution in [2.45, 2.75) is 24.6 Å². The second-order valence-corrected chi connectivity index (χ2v) is 7.25. The van der Waals surface area contributed by atoms with Gasteiger partial charge >= 0.3 is 6.18 Å². The smallest absolute Gasteiger partial charge is 0.376 e. The van der Waals surface area contributed by atoms with Gasteiger partial charge < -0.3 is 5.32 Å². The Morgan fingerprint density at radius 3 is 2.40 bits per heavy atom. The van der Waals surface area contributed by atoms with Gasteiger partial charge in [0.2, 0.25) is 0 Å². The lowest BCUT2D eigenvalue weighted by Crippen LogP contribution is -2.31. The standard InChI is InChI=1S/C19H14Cl2F3N/c20-11-6-4-10(5-7-11)17-13-3-1-2-12(13)16-14(19(22,23)24)8-9-15(21)18(16)25-17/h1-2,4-9,12-13,17,25H,3H2/t12-,13-,17-/m1/s1. The predicted octanol–water partition coefficient (Wildman–Crippen LogP) is 6.84. The summed E-state index contributed by atoms with van der Waals surface area (Å²) in [4.78, 5) is 0. The highest BCUT2D eigenvalue weighted by molar-refractivity contribution is 6.33. The van der Waals surface area contributed by atoms with Gasteiger partial charge in [-0.3, -0.25) is 0 Å². The van der Waals surface area contributed by atoms with Crippen LogP contribution >= 0.6 is 23.2 Å². The number of alkyl halides is 3. The number of fused-ring (bicyclic) bond motifs is 3. The minimum Gasteiger partial charge on any atom is -0.376 e. The SMILES string of the molecule is FC(F)(F)c1ccc(Cl)c2c1[C@@H]1C=CC[C@H]1[C@@H](c1ccc(Cl)cc1)N2. The van der Waals surface area contributed by atoms with Crippen LogP contribution in [-0.4, -0.2) is 0 Å². The molecule has 0 bridgehead atoms. The molecule has 0 saturated heterocycles. The summed E-state index contributed by atoms with van der Waals surface area (Å²) in [5.74, 6) is -0.305. The van der Waals surface area contributed by atoms with Gasteiger partial charge in [-0.25, -0.2) is 0 Å². The second kappa shape index (κ2) is 5.96. The Bertz CT molecular complexity index is 843. The molecule has 25 heavy (non-hydrogen) atoms. The molecule has 2 aromatic carbocycles. The number of hydrogen-bond donors (Lipinski definition) is 1.